The van der Waals surface area contributed by atoms with E-state index in [1.54, 1.807) is 0 Å². The van der Waals surface area contributed by atoms with Gasteiger partial charge in [-0.15, -0.1) is 0 Å². The summed E-state index contributed by atoms with van der Waals surface area (Å²) in [4.78, 5) is 26.0. The van der Waals surface area contributed by atoms with Gasteiger partial charge in [-0.1, -0.05) is 0 Å². The minimum Gasteiger partial charge on any atom is -0.494 e. The molecule has 0 bridgehead atoms. The summed E-state index contributed by atoms with van der Waals surface area (Å²) < 4.78 is 5.48. The number of hydrogen-bond donors (Lipinski definition) is 4. The van der Waals surface area contributed by atoms with Crippen molar-refractivity contribution in [2.24, 2.45) is 0 Å². The second-order valence-corrected chi connectivity index (χ2v) is 5.33. The summed E-state index contributed by atoms with van der Waals surface area (Å²) in [5.41, 5.74) is 1.57. The topological polar surface area (TPSA) is 133 Å². The Kier molecular flexibility index (Phi) is 4.38. The summed E-state index contributed by atoms with van der Waals surface area (Å²) in [6.45, 7) is 4.34. The predicted octanol–water partition coefficient (Wildman–Crippen LogP) is 2.14. The summed E-state index contributed by atoms with van der Waals surface area (Å²) in [6, 6.07) is 5.53. The van der Waals surface area contributed by atoms with Crippen molar-refractivity contribution in [3.8, 4) is 11.6 Å². The van der Waals surface area contributed by atoms with Crippen LogP contribution in [0.5, 0.6) is 11.6 Å². The SMILES string of the molecule is CCOc1ccc2nc(Nc3nc(O)c(CC(=O)O)[nH]3)nc(C)c2c1. The Morgan fingerprint density at radius 2 is 2.12 bits per heavy atom. The number of H-pyrrole nitrogens is 1. The molecule has 0 saturated carbocycles. The monoisotopic (exact) mass is 343 g/mol. The molecule has 3 aromatic rings. The standard InChI is InChI=1S/C16H17N5O4/c1-3-25-9-4-5-11-10(6-9)8(2)17-15(18-11)21-16-19-12(7-13(22)23)14(24)20-16/h4-6,24H,3,7H2,1-2H3,(H,22,23)(H2,17,18,19,20,21). The van der Waals surface area contributed by atoms with Gasteiger partial charge in [-0.2, -0.15) is 4.98 Å². The van der Waals surface area contributed by atoms with Crippen LogP contribution in [0.15, 0.2) is 18.2 Å². The maximum Gasteiger partial charge on any atom is 0.309 e. The van der Waals surface area contributed by atoms with Crippen LogP contribution in [0.25, 0.3) is 10.9 Å². The molecule has 130 valence electrons. The number of nitrogens with zero attached hydrogens (tertiary/aromatic N) is 3. The van der Waals surface area contributed by atoms with Gasteiger partial charge >= 0.3 is 5.97 Å². The number of anilines is 2. The van der Waals surface area contributed by atoms with Crippen LogP contribution < -0.4 is 10.1 Å². The van der Waals surface area contributed by atoms with Gasteiger partial charge in [-0.25, -0.2) is 9.97 Å². The first-order chi connectivity index (χ1) is 12.0. The van der Waals surface area contributed by atoms with Crippen molar-refractivity contribution < 1.29 is 19.7 Å². The molecule has 0 fully saturated rings. The molecular formula is C16H17N5O4. The van der Waals surface area contributed by atoms with Crippen molar-refractivity contribution in [2.45, 2.75) is 20.3 Å². The molecule has 0 unspecified atom stereocenters. The van der Waals surface area contributed by atoms with Crippen LogP contribution in [0, 0.1) is 6.92 Å². The Bertz CT molecular complexity index is 938. The van der Waals surface area contributed by atoms with E-state index in [1.165, 1.54) is 0 Å². The summed E-state index contributed by atoms with van der Waals surface area (Å²) in [5.74, 6) is -0.253. The molecule has 0 radical (unpaired) electrons. The molecule has 3 rings (SSSR count). The normalized spacial score (nSPS) is 10.8. The molecule has 0 aliphatic carbocycles. The van der Waals surface area contributed by atoms with Gasteiger partial charge in [0.25, 0.3) is 0 Å². The van der Waals surface area contributed by atoms with Gasteiger partial charge in [0.2, 0.25) is 17.8 Å². The van der Waals surface area contributed by atoms with Crippen molar-refractivity contribution in [1.82, 2.24) is 19.9 Å². The van der Waals surface area contributed by atoms with Crippen molar-refractivity contribution in [3.63, 3.8) is 0 Å². The van der Waals surface area contributed by atoms with Gasteiger partial charge < -0.3 is 19.9 Å². The number of imidazole rings is 1. The molecule has 25 heavy (non-hydrogen) atoms. The largest absolute Gasteiger partial charge is 0.494 e. The van der Waals surface area contributed by atoms with E-state index in [-0.39, 0.29) is 29.9 Å². The number of ether oxygens (including phenoxy) is 1. The van der Waals surface area contributed by atoms with Crippen molar-refractivity contribution in [2.75, 3.05) is 11.9 Å². The second-order valence-electron chi connectivity index (χ2n) is 5.33. The number of aryl methyl sites for hydroxylation is 1. The zero-order valence-electron chi connectivity index (χ0n) is 13.7. The summed E-state index contributed by atoms with van der Waals surface area (Å²) in [7, 11) is 0. The van der Waals surface area contributed by atoms with Crippen LogP contribution in [-0.2, 0) is 11.2 Å². The van der Waals surface area contributed by atoms with Crippen LogP contribution >= 0.6 is 0 Å². The van der Waals surface area contributed by atoms with Gasteiger partial charge in [0.15, 0.2) is 0 Å². The van der Waals surface area contributed by atoms with Gasteiger partial charge in [0.1, 0.15) is 5.75 Å². The molecule has 0 aliphatic rings. The number of benzene rings is 1. The number of hydrogen-bond acceptors (Lipinski definition) is 7. The molecule has 1 aromatic carbocycles. The second kappa shape index (κ2) is 6.63. The molecule has 0 amide bonds. The number of carbonyl (C=O) groups is 1. The fraction of sp³-hybridized carbons (Fsp3) is 0.250. The third-order valence-electron chi connectivity index (χ3n) is 3.48. The molecule has 2 aromatic heterocycles. The molecule has 0 spiro atoms. The molecule has 4 N–H and O–H groups in total. The minimum absolute atomic E-state index is 0.105. The molecule has 9 nitrogen and oxygen atoms in total. The first-order valence-corrected chi connectivity index (χ1v) is 7.64. The van der Waals surface area contributed by atoms with Crippen LogP contribution in [-0.4, -0.2) is 42.7 Å². The van der Waals surface area contributed by atoms with E-state index < -0.39 is 5.97 Å². The quantitative estimate of drug-likeness (QED) is 0.535. The lowest BCUT2D eigenvalue weighted by atomic mass is 10.2. The first kappa shape index (κ1) is 16.5. The lowest BCUT2D eigenvalue weighted by Crippen LogP contribution is -2.02. The zero-order valence-corrected chi connectivity index (χ0v) is 13.7. The van der Waals surface area contributed by atoms with E-state index in [9.17, 15) is 9.90 Å². The minimum atomic E-state index is -1.08. The number of carboxylic acids is 1. The third kappa shape index (κ3) is 3.60. The lowest BCUT2D eigenvalue weighted by molar-refractivity contribution is -0.136. The average molecular weight is 343 g/mol. The number of aliphatic carboxylic acids is 1. The molecule has 9 heteroatoms. The fourth-order valence-corrected chi connectivity index (χ4v) is 2.41. The van der Waals surface area contributed by atoms with E-state index >= 15 is 0 Å². The van der Waals surface area contributed by atoms with Crippen LogP contribution in [0.1, 0.15) is 18.3 Å². The van der Waals surface area contributed by atoms with Gasteiger partial charge in [-0.05, 0) is 32.0 Å². The maximum atomic E-state index is 10.7. The first-order valence-electron chi connectivity index (χ1n) is 7.64. The Morgan fingerprint density at radius 3 is 2.84 bits per heavy atom. The Balaban J connectivity index is 1.89. The number of nitrogens with one attached hydrogen (secondary N) is 2. The Hall–Kier alpha value is -3.36. The lowest BCUT2D eigenvalue weighted by Gasteiger charge is -2.08. The maximum absolute atomic E-state index is 10.7. The van der Waals surface area contributed by atoms with E-state index in [4.69, 9.17) is 9.84 Å². The van der Waals surface area contributed by atoms with Gasteiger partial charge in [0, 0.05) is 5.39 Å². The zero-order chi connectivity index (χ0) is 18.0. The molecule has 0 atom stereocenters. The van der Waals surface area contributed by atoms with E-state index in [2.05, 4.69) is 25.3 Å². The summed E-state index contributed by atoms with van der Waals surface area (Å²) >= 11 is 0. The highest BCUT2D eigenvalue weighted by Gasteiger charge is 2.14. The van der Waals surface area contributed by atoms with E-state index in [0.717, 1.165) is 22.3 Å². The van der Waals surface area contributed by atoms with E-state index in [0.29, 0.717) is 6.61 Å². The third-order valence-corrected chi connectivity index (χ3v) is 3.48. The van der Waals surface area contributed by atoms with E-state index in [1.807, 2.05) is 32.0 Å². The average Bonchev–Trinajstić information content (AvgIpc) is 2.87. The number of aromatic nitrogens is 4. The summed E-state index contributed by atoms with van der Waals surface area (Å²) in [6.07, 6.45) is -0.363. The number of carboxylic acid groups (broad SMARTS) is 1. The number of aromatic amines is 1. The van der Waals surface area contributed by atoms with Gasteiger partial charge in [-0.3, -0.25) is 10.1 Å². The van der Waals surface area contributed by atoms with Crippen molar-refractivity contribution >= 4 is 28.8 Å². The molecule has 0 aliphatic heterocycles. The Morgan fingerprint density at radius 1 is 1.32 bits per heavy atom. The highest BCUT2D eigenvalue weighted by molar-refractivity contribution is 5.83. The molecule has 2 heterocycles. The van der Waals surface area contributed by atoms with Crippen molar-refractivity contribution in [1.29, 1.82) is 0 Å². The summed E-state index contributed by atoms with van der Waals surface area (Å²) in [5, 5.41) is 22.2. The number of fused-ring (bicyclic) bond motifs is 1. The molecular weight excluding hydrogens is 326 g/mol. The van der Waals surface area contributed by atoms with Crippen LogP contribution in [0.3, 0.4) is 0 Å². The van der Waals surface area contributed by atoms with Crippen molar-refractivity contribution in [3.05, 3.63) is 29.6 Å². The number of aromatic hydroxyl groups is 1. The smallest absolute Gasteiger partial charge is 0.309 e. The highest BCUT2D eigenvalue weighted by atomic mass is 16.5. The number of rotatable bonds is 6. The Labute approximate surface area is 142 Å². The van der Waals surface area contributed by atoms with Crippen LogP contribution in [0.2, 0.25) is 0 Å². The molecule has 0 saturated heterocycles. The predicted molar refractivity (Wildman–Crippen MR) is 90.3 cm³/mol. The highest BCUT2D eigenvalue weighted by Crippen LogP contribution is 2.24. The van der Waals surface area contributed by atoms with Gasteiger partial charge in [0.05, 0.1) is 29.9 Å². The van der Waals surface area contributed by atoms with Crippen LogP contribution in [0.4, 0.5) is 11.9 Å². The fourth-order valence-electron chi connectivity index (χ4n) is 2.41.